The second kappa shape index (κ2) is 27.2. The summed E-state index contributed by atoms with van der Waals surface area (Å²) in [5, 5.41) is 53.5. The van der Waals surface area contributed by atoms with E-state index in [0.29, 0.717) is 69.2 Å². The molecule has 0 aromatic heterocycles. The van der Waals surface area contributed by atoms with Crippen molar-refractivity contribution in [3.63, 3.8) is 0 Å². The number of carbonyl (C=O) groups excluding carboxylic acids is 4. The van der Waals surface area contributed by atoms with Crippen molar-refractivity contribution in [2.24, 2.45) is 52.3 Å². The molecule has 0 bridgehead atoms. The van der Waals surface area contributed by atoms with Gasteiger partial charge >= 0.3 is 12.1 Å². The van der Waals surface area contributed by atoms with Gasteiger partial charge in [-0.1, -0.05) is 115 Å². The van der Waals surface area contributed by atoms with Crippen molar-refractivity contribution in [2.75, 3.05) is 40.0 Å². The molecule has 17 nitrogen and oxygen atoms in total. The molecule has 2 aliphatic heterocycles. The zero-order valence-electron chi connectivity index (χ0n) is 51.5. The minimum absolute atomic E-state index is 0.00277. The summed E-state index contributed by atoms with van der Waals surface area (Å²) < 4.78 is 43.5. The van der Waals surface area contributed by atoms with Crippen LogP contribution in [0.25, 0.3) is 11.1 Å². The normalized spacial score (nSPS) is 34.1. The number of hydrogen-bond acceptors (Lipinski definition) is 15. The number of esters is 1. The standard InChI is InChI=1S/C69H94N2O15/c1-40(2)20-27-56(73)42(4)69(79)59(36-55-51-26-23-44-34-45(72)28-30-67(44,5)54(51)29-31-68(55,69)6)84-64-41(3)61(58(75)39-81-64)86-65-62(85-63(77)43-21-24-46(80-7)25-22-43)52(57(74)38-82-65)35-60(76)70-32-14-8-9-15-33-71-66(78)83-37-53-49-18-12-10-16-47(49)48-17-11-13-19-50(48)53/h10-13,16-19,21-25,40-42,45,51-55,57-59,61-62,64-65,72,74-75,79H,8-9,14-15,20,26-39H2,1-7H3,(H,70,76)(H,71,78)/t41?,42-,45+,51-,52?,54?,55+,57?,58?,59+,61?,62?,64?,65?,67+,68+,69-/m1/s1. The predicted molar refractivity (Wildman–Crippen MR) is 322 cm³/mol. The van der Waals surface area contributed by atoms with Crippen molar-refractivity contribution in [1.29, 1.82) is 0 Å². The predicted octanol–water partition coefficient (Wildman–Crippen LogP) is 9.59. The first-order valence-electron chi connectivity index (χ1n) is 32.0. The third kappa shape index (κ3) is 13.0. The van der Waals surface area contributed by atoms with Gasteiger partial charge in [-0.05, 0) is 140 Å². The number of aliphatic hydroxyl groups excluding tert-OH is 3. The van der Waals surface area contributed by atoms with Gasteiger partial charge in [0.15, 0.2) is 18.7 Å². The number of Topliss-reactive ketones (excluding diaryl/α,β-unsaturated/α-hetero) is 1. The van der Waals surface area contributed by atoms with E-state index in [1.54, 1.807) is 24.3 Å². The molecule has 7 aliphatic rings. The lowest BCUT2D eigenvalue weighted by Gasteiger charge is -2.59. The van der Waals surface area contributed by atoms with Crippen LogP contribution in [0.15, 0.2) is 84.4 Å². The van der Waals surface area contributed by atoms with Crippen LogP contribution in [-0.4, -0.2) is 139 Å². The number of benzene rings is 3. The van der Waals surface area contributed by atoms with Crippen molar-refractivity contribution in [1.82, 2.24) is 10.6 Å². The van der Waals surface area contributed by atoms with Crippen LogP contribution in [0.3, 0.4) is 0 Å². The summed E-state index contributed by atoms with van der Waals surface area (Å²) in [7, 11) is 1.52. The van der Waals surface area contributed by atoms with Crippen LogP contribution in [0, 0.1) is 52.3 Å². The molecule has 3 saturated carbocycles. The van der Waals surface area contributed by atoms with E-state index in [2.05, 4.69) is 68.7 Å². The van der Waals surface area contributed by atoms with E-state index in [1.807, 2.05) is 38.1 Å². The fourth-order valence-electron chi connectivity index (χ4n) is 16.4. The quantitative estimate of drug-likeness (QED) is 0.0294. The summed E-state index contributed by atoms with van der Waals surface area (Å²) in [6, 6.07) is 22.7. The number of nitrogens with one attached hydrogen (secondary N) is 2. The van der Waals surface area contributed by atoms with Crippen molar-refractivity contribution in [3.05, 3.63) is 101 Å². The summed E-state index contributed by atoms with van der Waals surface area (Å²) in [6.45, 7) is 13.0. The number of alkyl carbamates (subject to hydrolysis) is 1. The summed E-state index contributed by atoms with van der Waals surface area (Å²) >= 11 is 0. The highest BCUT2D eigenvalue weighted by Gasteiger charge is 2.70. The van der Waals surface area contributed by atoms with E-state index >= 15 is 0 Å². The number of aliphatic hydroxyl groups is 4. The van der Waals surface area contributed by atoms with Crippen molar-refractivity contribution >= 4 is 23.8 Å². The number of carbonyl (C=O) groups is 4. The Bertz CT molecular complexity index is 2830. The van der Waals surface area contributed by atoms with E-state index in [-0.39, 0.29) is 72.8 Å². The van der Waals surface area contributed by atoms with Crippen LogP contribution in [-0.2, 0) is 38.0 Å². The molecule has 3 aromatic rings. The largest absolute Gasteiger partial charge is 0.497 e. The highest BCUT2D eigenvalue weighted by atomic mass is 16.7. The average Bonchev–Trinajstić information content (AvgIpc) is 2.15. The van der Waals surface area contributed by atoms with E-state index in [9.17, 15) is 39.6 Å². The smallest absolute Gasteiger partial charge is 0.407 e. The molecule has 6 N–H and O–H groups in total. The Morgan fingerprint density at radius 3 is 2.12 bits per heavy atom. The number of hydrogen-bond donors (Lipinski definition) is 6. The van der Waals surface area contributed by atoms with Gasteiger partial charge in [0, 0.05) is 55.0 Å². The summed E-state index contributed by atoms with van der Waals surface area (Å²) in [5.41, 5.74) is 3.87. The van der Waals surface area contributed by atoms with E-state index in [0.717, 1.165) is 56.1 Å². The van der Waals surface area contributed by atoms with Gasteiger partial charge in [0.05, 0.1) is 50.3 Å². The minimum atomic E-state index is -1.57. The van der Waals surface area contributed by atoms with Crippen LogP contribution in [0.1, 0.15) is 159 Å². The van der Waals surface area contributed by atoms with Gasteiger partial charge in [0.1, 0.15) is 29.8 Å². The van der Waals surface area contributed by atoms with Crippen molar-refractivity contribution < 1.29 is 72.8 Å². The van der Waals surface area contributed by atoms with E-state index in [4.69, 9.17) is 33.2 Å². The van der Waals surface area contributed by atoms with Gasteiger partial charge in [0.2, 0.25) is 5.91 Å². The number of methoxy groups -OCH3 is 1. The Morgan fingerprint density at radius 1 is 0.767 bits per heavy atom. The highest BCUT2D eigenvalue weighted by molar-refractivity contribution is 5.89. The zero-order valence-corrected chi connectivity index (χ0v) is 51.5. The molecule has 5 fully saturated rings. The molecule has 2 saturated heterocycles. The first-order chi connectivity index (χ1) is 41.2. The number of unbranched alkanes of at least 4 members (excludes halogenated alkanes) is 3. The maximum Gasteiger partial charge on any atom is 0.407 e. The van der Waals surface area contributed by atoms with Crippen LogP contribution < -0.4 is 15.4 Å². The summed E-state index contributed by atoms with van der Waals surface area (Å²) in [6.07, 6.45) is 2.62. The molecule has 3 aromatic carbocycles. The minimum Gasteiger partial charge on any atom is -0.497 e. The Kier molecular flexibility index (Phi) is 20.2. The van der Waals surface area contributed by atoms with Crippen LogP contribution >= 0.6 is 0 Å². The zero-order chi connectivity index (χ0) is 61.1. The molecular formula is C69H94N2O15. The van der Waals surface area contributed by atoms with Crippen LogP contribution in [0.2, 0.25) is 0 Å². The monoisotopic (exact) mass is 1190 g/mol. The summed E-state index contributed by atoms with van der Waals surface area (Å²) in [4.78, 5) is 54.9. The number of fused-ring (bicyclic) bond motifs is 8. The molecule has 5 aliphatic carbocycles. The molecule has 17 heteroatoms. The summed E-state index contributed by atoms with van der Waals surface area (Å²) in [5.74, 6) is -2.15. The number of rotatable bonds is 23. The molecule has 2 amide bonds. The SMILES string of the molecule is COc1ccc(C(=O)OC2C(OC3C(O)COC(O[C@H]4C[C@H]5[C@@H]6CC=C7C[C@@H](O)CC[C@]7(C)C6CC[C@]5(C)[C@@]4(O)[C@H](C)C(=O)CCC(C)C)C3C)OCC(O)C2CC(=O)NCCCCCCNC(=O)OCC2c3ccccc3-c3ccccc32)cc1. The van der Waals surface area contributed by atoms with Gasteiger partial charge in [-0.2, -0.15) is 0 Å². The maximum atomic E-state index is 14.3. The molecule has 10 rings (SSSR count). The second-order valence-electron chi connectivity index (χ2n) is 26.9. The van der Waals surface area contributed by atoms with Gasteiger partial charge in [0.25, 0.3) is 0 Å². The van der Waals surface area contributed by atoms with Crippen LogP contribution in [0.4, 0.5) is 4.79 Å². The Morgan fingerprint density at radius 2 is 1.43 bits per heavy atom. The van der Waals surface area contributed by atoms with E-state index in [1.165, 1.54) is 23.8 Å². The maximum absolute atomic E-state index is 14.3. The Labute approximate surface area is 507 Å². The number of allylic oxidation sites excluding steroid dienone is 1. The number of ether oxygens (including phenoxy) is 7. The van der Waals surface area contributed by atoms with Gasteiger partial charge in [-0.3, -0.25) is 9.59 Å². The molecule has 86 heavy (non-hydrogen) atoms. The first-order valence-corrected chi connectivity index (χ1v) is 32.0. The van der Waals surface area contributed by atoms with E-state index < -0.39 is 83.9 Å². The fraction of sp³-hybridized carbons (Fsp3) is 0.652. The molecule has 0 spiro atoms. The number of ketones is 1. The topological polar surface area (TPSA) is 238 Å². The fourth-order valence-corrected chi connectivity index (χ4v) is 16.4. The van der Waals surface area contributed by atoms with Gasteiger partial charge in [-0.25, -0.2) is 9.59 Å². The molecule has 9 unspecified atom stereocenters. The third-order valence-corrected chi connectivity index (χ3v) is 21.4. The molecule has 17 atom stereocenters. The van der Waals surface area contributed by atoms with Crippen LogP contribution in [0.5, 0.6) is 5.75 Å². The lowest BCUT2D eigenvalue weighted by atomic mass is 9.46. The Hall–Kier alpha value is -5.24. The lowest BCUT2D eigenvalue weighted by Crippen LogP contribution is -2.62. The number of amides is 2. The molecule has 0 radical (unpaired) electrons. The average molecular weight is 1190 g/mol. The highest BCUT2D eigenvalue weighted by Crippen LogP contribution is 2.69. The van der Waals surface area contributed by atoms with Gasteiger partial charge in [-0.15, -0.1) is 0 Å². The second-order valence-corrected chi connectivity index (χ2v) is 26.9. The van der Waals surface area contributed by atoms with Gasteiger partial charge < -0.3 is 64.2 Å². The van der Waals surface area contributed by atoms with Crippen molar-refractivity contribution in [3.8, 4) is 16.9 Å². The first kappa shape index (κ1) is 63.8. The third-order valence-electron chi connectivity index (χ3n) is 21.4. The molecule has 470 valence electrons. The Balaban J connectivity index is 0.774. The van der Waals surface area contributed by atoms with Crippen molar-refractivity contribution in [2.45, 2.75) is 192 Å². The molecule has 2 heterocycles. The lowest BCUT2D eigenvalue weighted by molar-refractivity contribution is -0.330. The molecular weight excluding hydrogens is 1100 g/mol.